The summed E-state index contributed by atoms with van der Waals surface area (Å²) in [5.41, 5.74) is 0. The predicted molar refractivity (Wildman–Crippen MR) is 50.8 cm³/mol. The van der Waals surface area contributed by atoms with Crippen LogP contribution in [0.2, 0.25) is 0 Å². The molecule has 1 aliphatic rings. The highest BCUT2D eigenvalue weighted by molar-refractivity contribution is 5.67. The number of nitrogens with one attached hydrogen (secondary N) is 1. The molecule has 4 heteroatoms. The molecule has 4 nitrogen and oxygen atoms in total. The van der Waals surface area contributed by atoms with Crippen LogP contribution in [-0.2, 0) is 11.3 Å². The van der Waals surface area contributed by atoms with E-state index in [1.54, 1.807) is 6.26 Å². The van der Waals surface area contributed by atoms with Crippen LogP contribution in [0.1, 0.15) is 18.6 Å². The summed E-state index contributed by atoms with van der Waals surface area (Å²) in [6, 6.07) is 3.78. The zero-order valence-electron chi connectivity index (χ0n) is 8.57. The minimum absolute atomic E-state index is 0.288. The summed E-state index contributed by atoms with van der Waals surface area (Å²) in [4.78, 5) is 12.0. The topological polar surface area (TPSA) is 57.7 Å². The molecule has 0 aromatic carbocycles. The van der Waals surface area contributed by atoms with Crippen molar-refractivity contribution < 1.29 is 19.2 Å². The van der Waals surface area contributed by atoms with Crippen molar-refractivity contribution >= 4 is 5.97 Å². The highest BCUT2D eigenvalue weighted by Gasteiger charge is 2.24. The Balaban J connectivity index is 1.90. The van der Waals surface area contributed by atoms with E-state index in [9.17, 15) is 9.90 Å². The van der Waals surface area contributed by atoms with E-state index in [4.69, 9.17) is 4.42 Å². The fraction of sp³-hybridized carbons (Fsp3) is 0.545. The van der Waals surface area contributed by atoms with Crippen LogP contribution in [0.15, 0.2) is 22.8 Å². The molecule has 1 unspecified atom stereocenters. The van der Waals surface area contributed by atoms with Crippen LogP contribution in [0.5, 0.6) is 0 Å². The van der Waals surface area contributed by atoms with Gasteiger partial charge >= 0.3 is 0 Å². The van der Waals surface area contributed by atoms with Gasteiger partial charge in [0.05, 0.1) is 25.3 Å². The first-order chi connectivity index (χ1) is 7.25. The lowest BCUT2D eigenvalue weighted by Crippen LogP contribution is -3.12. The van der Waals surface area contributed by atoms with E-state index in [1.165, 1.54) is 4.90 Å². The Kier molecular flexibility index (Phi) is 3.06. The SMILES string of the molecule is O=C([O-])[C@@H]1CCC[NH+](Cc2ccco2)C1. The van der Waals surface area contributed by atoms with Crippen molar-refractivity contribution in [3.05, 3.63) is 24.2 Å². The quantitative estimate of drug-likeness (QED) is 0.682. The van der Waals surface area contributed by atoms with Gasteiger partial charge in [-0.3, -0.25) is 0 Å². The molecule has 0 saturated carbocycles. The summed E-state index contributed by atoms with van der Waals surface area (Å²) < 4.78 is 5.25. The average molecular weight is 209 g/mol. The molecule has 0 bridgehead atoms. The number of carboxylic acids is 1. The molecule has 82 valence electrons. The maximum absolute atomic E-state index is 10.8. The van der Waals surface area contributed by atoms with E-state index < -0.39 is 5.97 Å². The second-order valence-electron chi connectivity index (χ2n) is 4.12. The van der Waals surface area contributed by atoms with Gasteiger partial charge in [-0.2, -0.15) is 0 Å². The number of likely N-dealkylation sites (tertiary alicyclic amines) is 1. The van der Waals surface area contributed by atoms with Crippen molar-refractivity contribution in [3.63, 3.8) is 0 Å². The number of quaternary nitrogens is 1. The lowest BCUT2D eigenvalue weighted by Gasteiger charge is -2.29. The van der Waals surface area contributed by atoms with Gasteiger partial charge in [-0.05, 0) is 25.0 Å². The maximum Gasteiger partial charge on any atom is 0.157 e. The number of carbonyl (C=O) groups is 1. The van der Waals surface area contributed by atoms with Gasteiger partial charge in [-0.25, -0.2) is 0 Å². The van der Waals surface area contributed by atoms with Crippen LogP contribution in [-0.4, -0.2) is 19.1 Å². The maximum atomic E-state index is 10.8. The van der Waals surface area contributed by atoms with Gasteiger partial charge in [-0.1, -0.05) is 0 Å². The molecule has 0 radical (unpaired) electrons. The van der Waals surface area contributed by atoms with Gasteiger partial charge in [0, 0.05) is 5.92 Å². The molecular weight excluding hydrogens is 194 g/mol. The molecule has 1 aromatic rings. The smallest absolute Gasteiger partial charge is 0.157 e. The van der Waals surface area contributed by atoms with E-state index in [1.807, 2.05) is 12.1 Å². The summed E-state index contributed by atoms with van der Waals surface area (Å²) in [7, 11) is 0. The molecule has 0 spiro atoms. The van der Waals surface area contributed by atoms with Crippen molar-refractivity contribution in [2.75, 3.05) is 13.1 Å². The number of hydrogen-bond acceptors (Lipinski definition) is 3. The fourth-order valence-corrected chi connectivity index (χ4v) is 2.17. The van der Waals surface area contributed by atoms with Crippen molar-refractivity contribution in [1.29, 1.82) is 0 Å². The lowest BCUT2D eigenvalue weighted by molar-refractivity contribution is -0.922. The Morgan fingerprint density at radius 3 is 3.20 bits per heavy atom. The second kappa shape index (κ2) is 4.49. The van der Waals surface area contributed by atoms with Crippen LogP contribution < -0.4 is 10.0 Å². The normalized spacial score (nSPS) is 26.4. The Morgan fingerprint density at radius 1 is 1.67 bits per heavy atom. The highest BCUT2D eigenvalue weighted by atomic mass is 16.4. The van der Waals surface area contributed by atoms with Crippen LogP contribution in [0.4, 0.5) is 0 Å². The Labute approximate surface area is 88.5 Å². The van der Waals surface area contributed by atoms with Gasteiger partial charge in [-0.15, -0.1) is 0 Å². The summed E-state index contributed by atoms with van der Waals surface area (Å²) in [5, 5.41) is 10.8. The summed E-state index contributed by atoms with van der Waals surface area (Å²) in [6.07, 6.45) is 3.35. The first kappa shape index (κ1) is 10.2. The minimum atomic E-state index is -0.911. The molecule has 2 rings (SSSR count). The molecule has 1 saturated heterocycles. The Hall–Kier alpha value is -1.29. The number of aliphatic carboxylic acids is 1. The van der Waals surface area contributed by atoms with Crippen LogP contribution >= 0.6 is 0 Å². The largest absolute Gasteiger partial charge is 0.550 e. The molecule has 0 aliphatic carbocycles. The fourth-order valence-electron chi connectivity index (χ4n) is 2.17. The number of rotatable bonds is 3. The van der Waals surface area contributed by atoms with E-state index in [0.29, 0.717) is 6.54 Å². The van der Waals surface area contributed by atoms with Crippen molar-refractivity contribution in [3.8, 4) is 0 Å². The zero-order chi connectivity index (χ0) is 10.7. The second-order valence-corrected chi connectivity index (χ2v) is 4.12. The standard InChI is InChI=1S/C11H15NO3/c13-11(14)9-3-1-5-12(7-9)8-10-4-2-6-15-10/h2,4,6,9H,1,3,5,7-8H2,(H,13,14)/t9-/m1/s1. The molecular formula is C11H15NO3. The first-order valence-corrected chi connectivity index (χ1v) is 5.32. The van der Waals surface area contributed by atoms with Gasteiger partial charge < -0.3 is 19.2 Å². The summed E-state index contributed by atoms with van der Waals surface area (Å²) in [6.45, 7) is 2.45. The van der Waals surface area contributed by atoms with Gasteiger partial charge in [0.25, 0.3) is 0 Å². The molecule has 2 heterocycles. The molecule has 15 heavy (non-hydrogen) atoms. The number of piperidine rings is 1. The van der Waals surface area contributed by atoms with Crippen LogP contribution in [0.3, 0.4) is 0 Å². The van der Waals surface area contributed by atoms with Gasteiger partial charge in [0.2, 0.25) is 0 Å². The van der Waals surface area contributed by atoms with Crippen LogP contribution in [0, 0.1) is 5.92 Å². The van der Waals surface area contributed by atoms with E-state index in [2.05, 4.69) is 0 Å². The Morgan fingerprint density at radius 2 is 2.53 bits per heavy atom. The number of carboxylic acid groups (broad SMARTS) is 1. The molecule has 1 aromatic heterocycles. The monoisotopic (exact) mass is 209 g/mol. The highest BCUT2D eigenvalue weighted by Crippen LogP contribution is 2.06. The number of furan rings is 1. The number of carbonyl (C=O) groups excluding carboxylic acids is 1. The zero-order valence-corrected chi connectivity index (χ0v) is 8.57. The summed E-state index contributed by atoms with van der Waals surface area (Å²) in [5.74, 6) is -0.278. The minimum Gasteiger partial charge on any atom is -0.550 e. The lowest BCUT2D eigenvalue weighted by atomic mass is 9.98. The number of hydrogen-bond donors (Lipinski definition) is 1. The molecule has 0 amide bonds. The van der Waals surface area contributed by atoms with Crippen molar-refractivity contribution in [1.82, 2.24) is 0 Å². The van der Waals surface area contributed by atoms with Gasteiger partial charge in [0.15, 0.2) is 5.76 Å². The van der Waals surface area contributed by atoms with E-state index in [-0.39, 0.29) is 5.92 Å². The van der Waals surface area contributed by atoms with Crippen molar-refractivity contribution in [2.45, 2.75) is 19.4 Å². The van der Waals surface area contributed by atoms with Crippen molar-refractivity contribution in [2.24, 2.45) is 5.92 Å². The van der Waals surface area contributed by atoms with E-state index >= 15 is 0 Å². The first-order valence-electron chi connectivity index (χ1n) is 5.32. The molecule has 1 aliphatic heterocycles. The average Bonchev–Trinajstić information content (AvgIpc) is 2.71. The molecule has 1 fully saturated rings. The molecule has 2 atom stereocenters. The van der Waals surface area contributed by atoms with Gasteiger partial charge in [0.1, 0.15) is 6.54 Å². The Bertz CT molecular complexity index is 321. The third-order valence-corrected chi connectivity index (χ3v) is 2.96. The third-order valence-electron chi connectivity index (χ3n) is 2.96. The summed E-state index contributed by atoms with van der Waals surface area (Å²) >= 11 is 0. The third kappa shape index (κ3) is 2.59. The van der Waals surface area contributed by atoms with E-state index in [0.717, 1.165) is 31.7 Å². The predicted octanol–water partition coefficient (Wildman–Crippen LogP) is -1.18. The van der Waals surface area contributed by atoms with Crippen LogP contribution in [0.25, 0.3) is 0 Å². The molecule has 1 N–H and O–H groups in total.